The van der Waals surface area contributed by atoms with Crippen molar-refractivity contribution in [2.75, 3.05) is 4.90 Å². The summed E-state index contributed by atoms with van der Waals surface area (Å²) in [4.78, 5) is 26.9. The largest absolute Gasteiger partial charge is 0.507 e. The normalized spacial score (nSPS) is 17.8. The molecule has 7 heteroatoms. The van der Waals surface area contributed by atoms with Gasteiger partial charge in [0.15, 0.2) is 0 Å². The Bertz CT molecular complexity index is 1280. The summed E-state index contributed by atoms with van der Waals surface area (Å²) in [6.45, 7) is 3.54. The van der Waals surface area contributed by atoms with Gasteiger partial charge in [0.2, 0.25) is 0 Å². The first-order chi connectivity index (χ1) is 15.2. The lowest BCUT2D eigenvalue weighted by atomic mass is 9.93. The zero-order valence-electron chi connectivity index (χ0n) is 17.2. The molecule has 3 aromatic rings. The van der Waals surface area contributed by atoms with Gasteiger partial charge < -0.3 is 5.11 Å². The highest BCUT2D eigenvalue weighted by molar-refractivity contribution is 6.51. The topological polar surface area (TPSA) is 57.6 Å². The van der Waals surface area contributed by atoms with Crippen LogP contribution in [0.15, 0.2) is 66.2 Å². The molecule has 4 rings (SSSR count). The lowest BCUT2D eigenvalue weighted by Gasteiger charge is -2.26. The molecule has 3 aromatic carbocycles. The van der Waals surface area contributed by atoms with Gasteiger partial charge >= 0.3 is 0 Å². The average Bonchev–Trinajstić information content (AvgIpc) is 3.01. The van der Waals surface area contributed by atoms with E-state index in [9.17, 15) is 27.9 Å². The summed E-state index contributed by atoms with van der Waals surface area (Å²) < 4.78 is 41.7. The molecule has 0 radical (unpaired) electrons. The van der Waals surface area contributed by atoms with Crippen LogP contribution in [0, 0.1) is 31.3 Å². The number of carbonyl (C=O) groups excluding carboxylic acids is 2. The standard InChI is InChI=1S/C25H18F3NO3/c1-13-3-4-14(2)18(11-13)23(30)21-22(15-5-7-16(26)8-6-15)29(25(32)24(21)31)20-10-9-17(27)12-19(20)28/h3-12,22,30H,1-2H3/b23-21+. The molecular formula is C25H18F3NO3. The van der Waals surface area contributed by atoms with Crippen LogP contribution in [-0.2, 0) is 9.59 Å². The van der Waals surface area contributed by atoms with Gasteiger partial charge in [0.25, 0.3) is 11.7 Å². The van der Waals surface area contributed by atoms with Gasteiger partial charge in [0.1, 0.15) is 23.2 Å². The van der Waals surface area contributed by atoms with Crippen LogP contribution in [-0.4, -0.2) is 16.8 Å². The number of hydrogen-bond acceptors (Lipinski definition) is 3. The van der Waals surface area contributed by atoms with Crippen molar-refractivity contribution in [3.8, 4) is 0 Å². The molecule has 0 aromatic heterocycles. The van der Waals surface area contributed by atoms with Crippen molar-refractivity contribution in [1.29, 1.82) is 0 Å². The number of aryl methyl sites for hydroxylation is 2. The summed E-state index contributed by atoms with van der Waals surface area (Å²) in [5.74, 6) is -4.99. The van der Waals surface area contributed by atoms with E-state index in [0.29, 0.717) is 17.2 Å². The molecule has 1 aliphatic rings. The molecule has 1 aliphatic heterocycles. The number of ketones is 1. The van der Waals surface area contributed by atoms with Gasteiger partial charge in [0, 0.05) is 11.6 Å². The van der Waals surface area contributed by atoms with Crippen LogP contribution < -0.4 is 4.90 Å². The van der Waals surface area contributed by atoms with Crippen molar-refractivity contribution in [1.82, 2.24) is 0 Å². The number of rotatable bonds is 3. The smallest absolute Gasteiger partial charge is 0.300 e. The van der Waals surface area contributed by atoms with Gasteiger partial charge in [-0.25, -0.2) is 13.2 Å². The van der Waals surface area contributed by atoms with Crippen molar-refractivity contribution in [2.45, 2.75) is 19.9 Å². The molecule has 1 heterocycles. The molecule has 1 N–H and O–H groups in total. The lowest BCUT2D eigenvalue weighted by molar-refractivity contribution is -0.132. The van der Waals surface area contributed by atoms with E-state index in [-0.39, 0.29) is 16.8 Å². The molecule has 1 atom stereocenters. The first-order valence-electron chi connectivity index (χ1n) is 9.78. The quantitative estimate of drug-likeness (QED) is 0.342. The summed E-state index contributed by atoms with van der Waals surface area (Å²) in [6.07, 6.45) is 0. The minimum absolute atomic E-state index is 0.265. The van der Waals surface area contributed by atoms with E-state index >= 15 is 0 Å². The van der Waals surface area contributed by atoms with Crippen LogP contribution in [0.1, 0.15) is 28.3 Å². The van der Waals surface area contributed by atoms with Crippen molar-refractivity contribution < 1.29 is 27.9 Å². The Balaban J connectivity index is 2.00. The number of amides is 1. The molecule has 0 aliphatic carbocycles. The van der Waals surface area contributed by atoms with Crippen molar-refractivity contribution >= 4 is 23.1 Å². The minimum Gasteiger partial charge on any atom is -0.507 e. The van der Waals surface area contributed by atoms with Gasteiger partial charge in [-0.05, 0) is 55.3 Å². The third-order valence-electron chi connectivity index (χ3n) is 5.45. The van der Waals surface area contributed by atoms with Crippen molar-refractivity contribution in [2.24, 2.45) is 0 Å². The zero-order chi connectivity index (χ0) is 23.2. The molecule has 4 nitrogen and oxygen atoms in total. The molecule has 0 bridgehead atoms. The predicted octanol–water partition coefficient (Wildman–Crippen LogP) is 5.35. The van der Waals surface area contributed by atoms with E-state index in [2.05, 4.69) is 0 Å². The zero-order valence-corrected chi connectivity index (χ0v) is 17.2. The predicted molar refractivity (Wildman–Crippen MR) is 113 cm³/mol. The summed E-state index contributed by atoms with van der Waals surface area (Å²) in [6, 6.07) is 11.6. The number of carbonyl (C=O) groups is 2. The number of nitrogens with zero attached hydrogens (tertiary/aromatic N) is 1. The van der Waals surface area contributed by atoms with E-state index in [1.807, 2.05) is 6.07 Å². The Morgan fingerprint density at radius 3 is 2.19 bits per heavy atom. The van der Waals surface area contributed by atoms with Crippen LogP contribution in [0.3, 0.4) is 0 Å². The van der Waals surface area contributed by atoms with E-state index in [1.54, 1.807) is 26.0 Å². The summed E-state index contributed by atoms with van der Waals surface area (Å²) in [5, 5.41) is 11.1. The van der Waals surface area contributed by atoms with Crippen LogP contribution >= 0.6 is 0 Å². The summed E-state index contributed by atoms with van der Waals surface area (Å²) in [5.41, 5.74) is 1.50. The van der Waals surface area contributed by atoms with E-state index < -0.39 is 40.9 Å². The highest BCUT2D eigenvalue weighted by atomic mass is 19.1. The summed E-state index contributed by atoms with van der Waals surface area (Å²) in [7, 11) is 0. The Hall–Kier alpha value is -3.87. The second-order valence-electron chi connectivity index (χ2n) is 7.63. The second kappa shape index (κ2) is 8.00. The lowest BCUT2D eigenvalue weighted by Crippen LogP contribution is -2.30. The first kappa shape index (κ1) is 21.4. The van der Waals surface area contributed by atoms with Crippen LogP contribution in [0.2, 0.25) is 0 Å². The fourth-order valence-electron chi connectivity index (χ4n) is 3.85. The summed E-state index contributed by atoms with van der Waals surface area (Å²) >= 11 is 0. The Morgan fingerprint density at radius 2 is 1.53 bits per heavy atom. The molecule has 1 amide bonds. The number of hydrogen-bond donors (Lipinski definition) is 1. The number of aliphatic hydroxyl groups is 1. The Kier molecular flexibility index (Phi) is 5.34. The van der Waals surface area contributed by atoms with Crippen molar-refractivity contribution in [3.05, 3.63) is 106 Å². The SMILES string of the molecule is Cc1ccc(C)c(/C(O)=C2\C(=O)C(=O)N(c3ccc(F)cc3F)C2c2ccc(F)cc2)c1. The first-order valence-corrected chi connectivity index (χ1v) is 9.78. The highest BCUT2D eigenvalue weighted by Crippen LogP contribution is 2.43. The molecule has 162 valence electrons. The fourth-order valence-corrected chi connectivity index (χ4v) is 3.85. The maximum Gasteiger partial charge on any atom is 0.300 e. The number of anilines is 1. The maximum absolute atomic E-state index is 14.6. The Labute approximate surface area is 182 Å². The Morgan fingerprint density at radius 1 is 0.875 bits per heavy atom. The number of Topliss-reactive ketones (excluding diaryl/α,β-unsaturated/α-hetero) is 1. The molecule has 1 saturated heterocycles. The second-order valence-corrected chi connectivity index (χ2v) is 7.63. The number of halogens is 3. The van der Waals surface area contributed by atoms with Gasteiger partial charge in [-0.2, -0.15) is 0 Å². The molecule has 32 heavy (non-hydrogen) atoms. The van der Waals surface area contributed by atoms with Crippen molar-refractivity contribution in [3.63, 3.8) is 0 Å². The fraction of sp³-hybridized carbons (Fsp3) is 0.120. The number of benzene rings is 3. The van der Waals surface area contributed by atoms with Gasteiger partial charge in [-0.15, -0.1) is 0 Å². The molecular weight excluding hydrogens is 419 g/mol. The third kappa shape index (κ3) is 3.56. The number of aliphatic hydroxyl groups excluding tert-OH is 1. The maximum atomic E-state index is 14.6. The van der Waals surface area contributed by atoms with Gasteiger partial charge in [-0.1, -0.05) is 29.8 Å². The van der Waals surface area contributed by atoms with Gasteiger partial charge in [-0.3, -0.25) is 14.5 Å². The minimum atomic E-state index is -1.24. The average molecular weight is 437 g/mol. The monoisotopic (exact) mass is 437 g/mol. The highest BCUT2D eigenvalue weighted by Gasteiger charge is 2.47. The van der Waals surface area contributed by atoms with Crippen LogP contribution in [0.25, 0.3) is 5.76 Å². The molecule has 1 fully saturated rings. The van der Waals surface area contributed by atoms with E-state index in [4.69, 9.17) is 0 Å². The molecule has 1 unspecified atom stereocenters. The van der Waals surface area contributed by atoms with Crippen LogP contribution in [0.4, 0.5) is 18.9 Å². The van der Waals surface area contributed by atoms with E-state index in [1.165, 1.54) is 12.1 Å². The molecule has 0 saturated carbocycles. The van der Waals surface area contributed by atoms with Gasteiger partial charge in [0.05, 0.1) is 17.3 Å². The molecule has 0 spiro atoms. The van der Waals surface area contributed by atoms with Crippen LogP contribution in [0.5, 0.6) is 0 Å². The van der Waals surface area contributed by atoms with E-state index in [0.717, 1.165) is 34.7 Å². The third-order valence-corrected chi connectivity index (χ3v) is 5.45.